The lowest BCUT2D eigenvalue weighted by atomic mass is 9.97. The Morgan fingerprint density at radius 3 is 2.55 bits per heavy atom. The van der Waals surface area contributed by atoms with Gasteiger partial charge in [-0.2, -0.15) is 0 Å². The summed E-state index contributed by atoms with van der Waals surface area (Å²) in [4.78, 5) is 0. The van der Waals surface area contributed by atoms with Crippen LogP contribution in [0, 0.1) is 0 Å². The number of rotatable bonds is 4. The molecule has 2 aromatic carbocycles. The minimum absolute atomic E-state index is 0.440. The average Bonchev–Trinajstić information content (AvgIpc) is 2.55. The molecule has 1 heterocycles. The highest BCUT2D eigenvalue weighted by atomic mass is 16.5. The summed E-state index contributed by atoms with van der Waals surface area (Å²) in [6.45, 7) is 1.74. The van der Waals surface area contributed by atoms with E-state index in [-0.39, 0.29) is 0 Å². The molecule has 20 heavy (non-hydrogen) atoms. The molecule has 0 bridgehead atoms. The number of benzene rings is 2. The summed E-state index contributed by atoms with van der Waals surface area (Å²) in [6, 6.07) is 19.2. The smallest absolute Gasteiger partial charge is 0.124 e. The minimum Gasteiger partial charge on any atom is -0.489 e. The Labute approximate surface area is 120 Å². The van der Waals surface area contributed by atoms with Gasteiger partial charge in [0, 0.05) is 11.6 Å². The van der Waals surface area contributed by atoms with Crippen LogP contribution < -0.4 is 10.1 Å². The molecule has 0 amide bonds. The number of para-hydroxylation sites is 1. The molecule has 1 fully saturated rings. The molecule has 3 rings (SSSR count). The highest BCUT2D eigenvalue weighted by Gasteiger charge is 2.18. The Kier molecular flexibility index (Phi) is 4.34. The number of hydrogen-bond acceptors (Lipinski definition) is 2. The topological polar surface area (TPSA) is 21.3 Å². The van der Waals surface area contributed by atoms with Crippen LogP contribution in [0.5, 0.6) is 5.75 Å². The van der Waals surface area contributed by atoms with Crippen molar-refractivity contribution in [3.63, 3.8) is 0 Å². The molecular formula is C18H21NO. The van der Waals surface area contributed by atoms with E-state index in [2.05, 4.69) is 35.6 Å². The molecule has 0 saturated carbocycles. The summed E-state index contributed by atoms with van der Waals surface area (Å²) >= 11 is 0. The van der Waals surface area contributed by atoms with E-state index in [1.54, 1.807) is 0 Å². The van der Waals surface area contributed by atoms with E-state index >= 15 is 0 Å². The first-order chi connectivity index (χ1) is 9.93. The van der Waals surface area contributed by atoms with Crippen LogP contribution in [0.4, 0.5) is 0 Å². The Balaban J connectivity index is 1.72. The van der Waals surface area contributed by atoms with Crippen molar-refractivity contribution in [3.8, 4) is 5.75 Å². The number of hydrogen-bond donors (Lipinski definition) is 1. The predicted molar refractivity (Wildman–Crippen MR) is 81.8 cm³/mol. The van der Waals surface area contributed by atoms with Crippen LogP contribution in [-0.4, -0.2) is 6.54 Å². The van der Waals surface area contributed by atoms with Gasteiger partial charge in [0.25, 0.3) is 0 Å². The highest BCUT2D eigenvalue weighted by Crippen LogP contribution is 2.30. The molecule has 1 atom stereocenters. The molecular weight excluding hydrogens is 246 g/mol. The molecule has 0 spiro atoms. The third-order valence-corrected chi connectivity index (χ3v) is 3.84. The van der Waals surface area contributed by atoms with Gasteiger partial charge in [0.05, 0.1) is 0 Å². The molecule has 1 aliphatic rings. The Bertz CT molecular complexity index is 532. The second kappa shape index (κ2) is 6.58. The molecule has 1 aliphatic heterocycles. The quantitative estimate of drug-likeness (QED) is 0.901. The van der Waals surface area contributed by atoms with Crippen LogP contribution in [0.2, 0.25) is 0 Å². The maximum atomic E-state index is 6.04. The fourth-order valence-corrected chi connectivity index (χ4v) is 2.75. The van der Waals surface area contributed by atoms with E-state index in [0.29, 0.717) is 12.6 Å². The second-order valence-electron chi connectivity index (χ2n) is 5.31. The predicted octanol–water partition coefficient (Wildman–Crippen LogP) is 4.08. The van der Waals surface area contributed by atoms with Crippen LogP contribution in [-0.2, 0) is 6.61 Å². The highest BCUT2D eigenvalue weighted by molar-refractivity contribution is 5.36. The van der Waals surface area contributed by atoms with Gasteiger partial charge in [-0.25, -0.2) is 0 Å². The summed E-state index contributed by atoms with van der Waals surface area (Å²) in [5.41, 5.74) is 2.50. The Hall–Kier alpha value is -1.80. The van der Waals surface area contributed by atoms with Crippen molar-refractivity contribution >= 4 is 0 Å². The van der Waals surface area contributed by atoms with Crippen molar-refractivity contribution in [2.75, 3.05) is 6.54 Å². The van der Waals surface area contributed by atoms with Crippen molar-refractivity contribution in [1.82, 2.24) is 5.32 Å². The summed E-state index contributed by atoms with van der Waals surface area (Å²) in [5, 5.41) is 3.59. The van der Waals surface area contributed by atoms with Gasteiger partial charge in [0.1, 0.15) is 12.4 Å². The van der Waals surface area contributed by atoms with Gasteiger partial charge in [-0.15, -0.1) is 0 Å². The molecule has 2 heteroatoms. The van der Waals surface area contributed by atoms with Crippen molar-refractivity contribution < 1.29 is 4.74 Å². The lowest BCUT2D eigenvalue weighted by Gasteiger charge is -2.25. The normalized spacial score (nSPS) is 18.7. The van der Waals surface area contributed by atoms with E-state index in [1.807, 2.05) is 24.3 Å². The van der Waals surface area contributed by atoms with Crippen molar-refractivity contribution in [2.45, 2.75) is 31.9 Å². The fourth-order valence-electron chi connectivity index (χ4n) is 2.75. The molecule has 0 unspecified atom stereocenters. The number of ether oxygens (including phenoxy) is 1. The molecule has 1 saturated heterocycles. The van der Waals surface area contributed by atoms with Crippen molar-refractivity contribution in [1.29, 1.82) is 0 Å². The van der Waals surface area contributed by atoms with E-state index in [4.69, 9.17) is 4.74 Å². The maximum absolute atomic E-state index is 6.04. The Morgan fingerprint density at radius 1 is 0.950 bits per heavy atom. The van der Waals surface area contributed by atoms with Gasteiger partial charge >= 0.3 is 0 Å². The summed E-state index contributed by atoms with van der Waals surface area (Å²) < 4.78 is 6.04. The van der Waals surface area contributed by atoms with Crippen LogP contribution in [0.25, 0.3) is 0 Å². The van der Waals surface area contributed by atoms with Crippen LogP contribution in [0.3, 0.4) is 0 Å². The van der Waals surface area contributed by atoms with E-state index in [1.165, 1.54) is 30.4 Å². The first-order valence-electron chi connectivity index (χ1n) is 7.42. The lowest BCUT2D eigenvalue weighted by Crippen LogP contribution is -2.27. The SMILES string of the molecule is c1ccc(COc2ccccc2[C@@H]2CCCCN2)cc1. The van der Waals surface area contributed by atoms with E-state index in [0.717, 1.165) is 12.3 Å². The first kappa shape index (κ1) is 13.2. The lowest BCUT2D eigenvalue weighted by molar-refractivity contribution is 0.294. The van der Waals surface area contributed by atoms with E-state index in [9.17, 15) is 0 Å². The van der Waals surface area contributed by atoms with Gasteiger partial charge in [-0.05, 0) is 31.0 Å². The van der Waals surface area contributed by atoms with Crippen LogP contribution in [0.15, 0.2) is 54.6 Å². The van der Waals surface area contributed by atoms with Crippen molar-refractivity contribution in [2.24, 2.45) is 0 Å². The fraction of sp³-hybridized carbons (Fsp3) is 0.333. The maximum Gasteiger partial charge on any atom is 0.124 e. The van der Waals surface area contributed by atoms with Crippen LogP contribution in [0.1, 0.15) is 36.4 Å². The standard InChI is InChI=1S/C18H21NO/c1-2-8-15(9-3-1)14-20-18-12-5-4-10-16(18)17-11-6-7-13-19-17/h1-5,8-10,12,17,19H,6-7,11,13-14H2/t17-/m0/s1. The molecule has 2 aromatic rings. The van der Waals surface area contributed by atoms with Gasteiger partial charge in [0.15, 0.2) is 0 Å². The van der Waals surface area contributed by atoms with Crippen molar-refractivity contribution in [3.05, 3.63) is 65.7 Å². The molecule has 0 aromatic heterocycles. The monoisotopic (exact) mass is 267 g/mol. The average molecular weight is 267 g/mol. The molecule has 104 valence electrons. The molecule has 0 aliphatic carbocycles. The first-order valence-corrected chi connectivity index (χ1v) is 7.42. The molecule has 0 radical (unpaired) electrons. The van der Waals surface area contributed by atoms with Gasteiger partial charge in [0.2, 0.25) is 0 Å². The Morgan fingerprint density at radius 2 is 1.75 bits per heavy atom. The van der Waals surface area contributed by atoms with Gasteiger partial charge in [-0.1, -0.05) is 55.0 Å². The van der Waals surface area contributed by atoms with Gasteiger partial charge in [-0.3, -0.25) is 0 Å². The third kappa shape index (κ3) is 3.20. The van der Waals surface area contributed by atoms with E-state index < -0.39 is 0 Å². The largest absolute Gasteiger partial charge is 0.489 e. The third-order valence-electron chi connectivity index (χ3n) is 3.84. The molecule has 2 nitrogen and oxygen atoms in total. The summed E-state index contributed by atoms with van der Waals surface area (Å²) in [6.07, 6.45) is 3.78. The van der Waals surface area contributed by atoms with Gasteiger partial charge < -0.3 is 10.1 Å². The second-order valence-corrected chi connectivity index (χ2v) is 5.31. The van der Waals surface area contributed by atoms with Crippen LogP contribution >= 0.6 is 0 Å². The summed E-state index contributed by atoms with van der Waals surface area (Å²) in [7, 11) is 0. The minimum atomic E-state index is 0.440. The number of nitrogens with one attached hydrogen (secondary N) is 1. The zero-order valence-corrected chi connectivity index (χ0v) is 11.7. The number of piperidine rings is 1. The zero-order chi connectivity index (χ0) is 13.6. The summed E-state index contributed by atoms with van der Waals surface area (Å²) in [5.74, 6) is 1.01. The molecule has 1 N–H and O–H groups in total. The zero-order valence-electron chi connectivity index (χ0n) is 11.7.